The van der Waals surface area contributed by atoms with Gasteiger partial charge in [0.25, 0.3) is 0 Å². The molecule has 2 fully saturated rings. The number of nitrogens with zero attached hydrogens (tertiary/aromatic N) is 4. The lowest BCUT2D eigenvalue weighted by molar-refractivity contribution is -0.135. The van der Waals surface area contributed by atoms with Gasteiger partial charge in [-0.1, -0.05) is 6.92 Å². The van der Waals surface area contributed by atoms with E-state index in [4.69, 9.17) is 0 Å². The van der Waals surface area contributed by atoms with Gasteiger partial charge < -0.3 is 9.80 Å². The first-order valence-corrected chi connectivity index (χ1v) is 8.22. The molecule has 1 aliphatic carbocycles. The maximum absolute atomic E-state index is 12.6. The Hall–Kier alpha value is -1.85. The van der Waals surface area contributed by atoms with Crippen molar-refractivity contribution in [3.63, 3.8) is 0 Å². The van der Waals surface area contributed by atoms with E-state index in [2.05, 4.69) is 12.0 Å². The number of amides is 2. The summed E-state index contributed by atoms with van der Waals surface area (Å²) in [6.45, 7) is 4.95. The Morgan fingerprint density at radius 3 is 2.95 bits per heavy atom. The predicted octanol–water partition coefficient (Wildman–Crippen LogP) is 1.04. The number of fused-ring (bicyclic) bond motifs is 1. The molecule has 118 valence electrons. The Morgan fingerprint density at radius 2 is 2.27 bits per heavy atom. The molecule has 3 heterocycles. The number of aromatic nitrogens is 2. The third-order valence-electron chi connectivity index (χ3n) is 5.22. The van der Waals surface area contributed by atoms with Crippen LogP contribution in [0, 0.1) is 11.8 Å². The normalized spacial score (nSPS) is 30.6. The van der Waals surface area contributed by atoms with E-state index >= 15 is 0 Å². The first kappa shape index (κ1) is 13.8. The maximum Gasteiger partial charge on any atom is 0.226 e. The van der Waals surface area contributed by atoms with Crippen LogP contribution in [0.3, 0.4) is 0 Å². The minimum Gasteiger partial charge on any atom is -0.340 e. The van der Waals surface area contributed by atoms with Crippen molar-refractivity contribution >= 4 is 11.8 Å². The van der Waals surface area contributed by atoms with E-state index in [1.165, 1.54) is 0 Å². The van der Waals surface area contributed by atoms with Crippen molar-refractivity contribution in [2.75, 3.05) is 19.6 Å². The lowest BCUT2D eigenvalue weighted by Gasteiger charge is -2.36. The molecule has 0 aromatic carbocycles. The van der Waals surface area contributed by atoms with E-state index < -0.39 is 0 Å². The molecule has 2 amide bonds. The smallest absolute Gasteiger partial charge is 0.226 e. The Bertz CT molecular complexity index is 611. The summed E-state index contributed by atoms with van der Waals surface area (Å²) in [5.74, 6) is 1.24. The van der Waals surface area contributed by atoms with Crippen molar-refractivity contribution in [1.82, 2.24) is 19.6 Å². The largest absolute Gasteiger partial charge is 0.340 e. The average molecular weight is 302 g/mol. The number of carbonyl (C=O) groups is 2. The van der Waals surface area contributed by atoms with Gasteiger partial charge in [-0.05, 0) is 24.8 Å². The summed E-state index contributed by atoms with van der Waals surface area (Å²) < 4.78 is 2.01. The molecule has 1 aromatic heterocycles. The Balaban J connectivity index is 1.52. The molecule has 1 saturated heterocycles. The third kappa shape index (κ3) is 2.30. The number of rotatable bonds is 3. The molecule has 2 aliphatic heterocycles. The van der Waals surface area contributed by atoms with Crippen molar-refractivity contribution in [3.8, 4) is 0 Å². The minimum absolute atomic E-state index is 0.0822. The Labute approximate surface area is 130 Å². The number of hydrogen-bond donors (Lipinski definition) is 0. The third-order valence-corrected chi connectivity index (χ3v) is 5.22. The first-order chi connectivity index (χ1) is 10.6. The molecule has 22 heavy (non-hydrogen) atoms. The van der Waals surface area contributed by atoms with Gasteiger partial charge in [-0.25, -0.2) is 0 Å². The van der Waals surface area contributed by atoms with E-state index in [1.807, 2.05) is 20.5 Å². The van der Waals surface area contributed by atoms with Crippen LogP contribution in [-0.2, 0) is 16.1 Å². The number of likely N-dealkylation sites (tertiary alicyclic amines) is 1. The second kappa shape index (κ2) is 5.11. The molecule has 3 aliphatic rings. The van der Waals surface area contributed by atoms with Crippen LogP contribution in [0.5, 0.6) is 0 Å². The van der Waals surface area contributed by atoms with E-state index in [1.54, 1.807) is 6.20 Å². The standard InChI is InChI=1S/C16H22N4O2/c1-11-7-14(11)16(22)19-8-12-4-5-17-20(12)13(10-19)9-18-6-2-3-15(18)21/h4-5,11,13-14H,2-3,6-10H2,1H3/t11-,13-,14-/m1/s1. The van der Waals surface area contributed by atoms with Crippen LogP contribution in [0.1, 0.15) is 37.9 Å². The SMILES string of the molecule is C[C@@H]1C[C@H]1C(=O)N1Cc2ccnn2[C@H](CN2CCCC2=O)C1. The summed E-state index contributed by atoms with van der Waals surface area (Å²) in [6.07, 6.45) is 4.41. The van der Waals surface area contributed by atoms with Crippen LogP contribution < -0.4 is 0 Å². The molecule has 1 saturated carbocycles. The van der Waals surface area contributed by atoms with Gasteiger partial charge in [0, 0.05) is 38.2 Å². The van der Waals surface area contributed by atoms with Crippen LogP contribution in [0.2, 0.25) is 0 Å². The second-order valence-electron chi connectivity index (χ2n) is 6.90. The highest BCUT2D eigenvalue weighted by atomic mass is 16.2. The zero-order valence-corrected chi connectivity index (χ0v) is 12.9. The number of hydrogen-bond acceptors (Lipinski definition) is 3. The maximum atomic E-state index is 12.6. The molecular formula is C16H22N4O2. The molecule has 3 atom stereocenters. The van der Waals surface area contributed by atoms with Crippen molar-refractivity contribution in [1.29, 1.82) is 0 Å². The fraction of sp³-hybridized carbons (Fsp3) is 0.688. The van der Waals surface area contributed by atoms with Gasteiger partial charge in [0.1, 0.15) is 0 Å². The minimum atomic E-state index is 0.0822. The molecule has 6 heteroatoms. The second-order valence-corrected chi connectivity index (χ2v) is 6.90. The number of carbonyl (C=O) groups excluding carboxylic acids is 2. The topological polar surface area (TPSA) is 58.4 Å². The summed E-state index contributed by atoms with van der Waals surface area (Å²) in [7, 11) is 0. The molecule has 0 N–H and O–H groups in total. The van der Waals surface area contributed by atoms with Crippen LogP contribution in [0.15, 0.2) is 12.3 Å². The molecule has 0 spiro atoms. The fourth-order valence-electron chi connectivity index (χ4n) is 3.74. The van der Waals surface area contributed by atoms with Crippen LogP contribution in [-0.4, -0.2) is 51.0 Å². The zero-order valence-electron chi connectivity index (χ0n) is 12.9. The van der Waals surface area contributed by atoms with E-state index in [9.17, 15) is 9.59 Å². The lowest BCUT2D eigenvalue weighted by atomic mass is 10.1. The highest BCUT2D eigenvalue weighted by Crippen LogP contribution is 2.40. The van der Waals surface area contributed by atoms with Crippen molar-refractivity contribution < 1.29 is 9.59 Å². The summed E-state index contributed by atoms with van der Waals surface area (Å²) in [5.41, 5.74) is 1.07. The Kier molecular flexibility index (Phi) is 3.20. The van der Waals surface area contributed by atoms with Gasteiger partial charge >= 0.3 is 0 Å². The van der Waals surface area contributed by atoms with E-state index in [-0.39, 0.29) is 23.8 Å². The van der Waals surface area contributed by atoms with Gasteiger partial charge in [-0.2, -0.15) is 5.10 Å². The molecule has 0 bridgehead atoms. The van der Waals surface area contributed by atoms with Gasteiger partial charge in [0.05, 0.1) is 18.3 Å². The summed E-state index contributed by atoms with van der Waals surface area (Å²) in [4.78, 5) is 28.3. The van der Waals surface area contributed by atoms with E-state index in [0.29, 0.717) is 32.0 Å². The average Bonchev–Trinajstić information content (AvgIpc) is 2.89. The van der Waals surface area contributed by atoms with Gasteiger partial charge in [-0.15, -0.1) is 0 Å². The molecule has 6 nitrogen and oxygen atoms in total. The van der Waals surface area contributed by atoms with Crippen LogP contribution in [0.25, 0.3) is 0 Å². The van der Waals surface area contributed by atoms with Crippen LogP contribution in [0.4, 0.5) is 0 Å². The molecule has 0 unspecified atom stereocenters. The van der Waals surface area contributed by atoms with Gasteiger partial charge in [-0.3, -0.25) is 14.3 Å². The predicted molar refractivity (Wildman–Crippen MR) is 79.8 cm³/mol. The monoisotopic (exact) mass is 302 g/mol. The van der Waals surface area contributed by atoms with E-state index in [0.717, 1.165) is 25.1 Å². The van der Waals surface area contributed by atoms with Crippen molar-refractivity contribution in [2.45, 2.75) is 38.8 Å². The summed E-state index contributed by atoms with van der Waals surface area (Å²) in [5, 5.41) is 4.42. The lowest BCUT2D eigenvalue weighted by Crippen LogP contribution is -2.46. The van der Waals surface area contributed by atoms with Crippen molar-refractivity contribution in [3.05, 3.63) is 18.0 Å². The summed E-state index contributed by atoms with van der Waals surface area (Å²) >= 11 is 0. The van der Waals surface area contributed by atoms with Gasteiger partial charge in [0.2, 0.25) is 11.8 Å². The Morgan fingerprint density at radius 1 is 1.45 bits per heavy atom. The van der Waals surface area contributed by atoms with Crippen LogP contribution >= 0.6 is 0 Å². The highest BCUT2D eigenvalue weighted by molar-refractivity contribution is 5.81. The van der Waals surface area contributed by atoms with Gasteiger partial charge in [0.15, 0.2) is 0 Å². The van der Waals surface area contributed by atoms with Crippen molar-refractivity contribution in [2.24, 2.45) is 11.8 Å². The first-order valence-electron chi connectivity index (χ1n) is 8.22. The quantitative estimate of drug-likeness (QED) is 0.838. The summed E-state index contributed by atoms with van der Waals surface area (Å²) in [6, 6.07) is 2.06. The fourth-order valence-corrected chi connectivity index (χ4v) is 3.74. The molecular weight excluding hydrogens is 280 g/mol. The molecule has 0 radical (unpaired) electrons. The highest BCUT2D eigenvalue weighted by Gasteiger charge is 2.43. The zero-order chi connectivity index (χ0) is 15.3. The molecule has 1 aromatic rings. The molecule has 4 rings (SSSR count).